The van der Waals surface area contributed by atoms with Gasteiger partial charge in [0.2, 0.25) is 10.0 Å². The van der Waals surface area contributed by atoms with E-state index in [1.807, 2.05) is 7.05 Å². The van der Waals surface area contributed by atoms with E-state index >= 15 is 0 Å². The van der Waals surface area contributed by atoms with Gasteiger partial charge in [0, 0.05) is 25.1 Å². The Balaban J connectivity index is 2.32. The van der Waals surface area contributed by atoms with E-state index < -0.39 is 10.0 Å². The first-order valence-corrected chi connectivity index (χ1v) is 7.63. The van der Waals surface area contributed by atoms with Crippen molar-refractivity contribution in [3.63, 3.8) is 0 Å². The van der Waals surface area contributed by atoms with E-state index in [1.54, 1.807) is 42.9 Å². The lowest BCUT2D eigenvalue weighted by molar-refractivity contribution is 0.576. The van der Waals surface area contributed by atoms with Gasteiger partial charge in [-0.1, -0.05) is 6.07 Å². The second kappa shape index (κ2) is 5.26. The van der Waals surface area contributed by atoms with Crippen LogP contribution in [0.5, 0.6) is 0 Å². The summed E-state index contributed by atoms with van der Waals surface area (Å²) in [5, 5.41) is 0. The minimum absolute atomic E-state index is 0.138. The van der Waals surface area contributed by atoms with Gasteiger partial charge in [0.1, 0.15) is 5.82 Å². The fourth-order valence-corrected chi connectivity index (χ4v) is 3.53. The second-order valence-corrected chi connectivity index (χ2v) is 6.41. The maximum absolute atomic E-state index is 12.4. The van der Waals surface area contributed by atoms with Crippen molar-refractivity contribution in [1.82, 2.24) is 14.3 Å². The lowest BCUT2D eigenvalue weighted by Crippen LogP contribution is -2.26. The molecular formula is C13H18N4O2S. The molecule has 0 aliphatic carbocycles. The first kappa shape index (κ1) is 14.5. The van der Waals surface area contributed by atoms with Gasteiger partial charge in [-0.25, -0.2) is 18.1 Å². The van der Waals surface area contributed by atoms with E-state index in [-0.39, 0.29) is 11.4 Å². The highest BCUT2D eigenvalue weighted by Crippen LogP contribution is 2.24. The molecule has 3 N–H and O–H groups in total. The molecule has 20 heavy (non-hydrogen) atoms. The number of anilines is 1. The smallest absolute Gasteiger partial charge is 0.241 e. The number of benzene rings is 1. The maximum atomic E-state index is 12.4. The average Bonchev–Trinajstić information content (AvgIpc) is 2.77. The summed E-state index contributed by atoms with van der Waals surface area (Å²) >= 11 is 0. The highest BCUT2D eigenvalue weighted by atomic mass is 32.2. The van der Waals surface area contributed by atoms with Gasteiger partial charge in [-0.15, -0.1) is 0 Å². The third kappa shape index (κ3) is 2.68. The number of hydrogen-bond donors (Lipinski definition) is 2. The monoisotopic (exact) mass is 294 g/mol. The zero-order valence-electron chi connectivity index (χ0n) is 11.7. The Morgan fingerprint density at radius 3 is 2.65 bits per heavy atom. The molecule has 6 nitrogen and oxygen atoms in total. The van der Waals surface area contributed by atoms with Crippen molar-refractivity contribution in [1.29, 1.82) is 0 Å². The first-order chi connectivity index (χ1) is 9.33. The van der Waals surface area contributed by atoms with Crippen LogP contribution in [-0.4, -0.2) is 18.0 Å². The summed E-state index contributed by atoms with van der Waals surface area (Å²) in [5.41, 5.74) is 7.50. The number of hydrogen-bond acceptors (Lipinski definition) is 4. The van der Waals surface area contributed by atoms with E-state index in [2.05, 4.69) is 9.71 Å². The molecule has 0 aliphatic rings. The fraction of sp³-hybridized carbons (Fsp3) is 0.308. The van der Waals surface area contributed by atoms with Crippen LogP contribution in [0.25, 0.3) is 0 Å². The summed E-state index contributed by atoms with van der Waals surface area (Å²) in [5.74, 6) is 0.646. The van der Waals surface area contributed by atoms with Crippen LogP contribution in [0.4, 0.5) is 5.69 Å². The second-order valence-electron chi connectivity index (χ2n) is 4.70. The van der Waals surface area contributed by atoms with Gasteiger partial charge < -0.3 is 10.3 Å². The predicted octanol–water partition coefficient (Wildman–Crippen LogP) is 1.10. The number of sulfonamides is 1. The molecular weight excluding hydrogens is 276 g/mol. The van der Waals surface area contributed by atoms with E-state index in [0.29, 0.717) is 22.6 Å². The summed E-state index contributed by atoms with van der Waals surface area (Å²) in [6.07, 6.45) is 3.39. The van der Waals surface area contributed by atoms with Crippen molar-refractivity contribution in [2.45, 2.75) is 25.3 Å². The van der Waals surface area contributed by atoms with Crippen LogP contribution in [0.1, 0.15) is 17.0 Å². The molecule has 1 heterocycles. The minimum atomic E-state index is -3.62. The number of rotatable bonds is 4. The number of nitrogen functional groups attached to an aromatic ring is 1. The van der Waals surface area contributed by atoms with Gasteiger partial charge in [0.15, 0.2) is 0 Å². The third-order valence-corrected chi connectivity index (χ3v) is 4.94. The Hall–Kier alpha value is -1.86. The van der Waals surface area contributed by atoms with Crippen molar-refractivity contribution in [2.24, 2.45) is 7.05 Å². The molecule has 1 aromatic heterocycles. The van der Waals surface area contributed by atoms with E-state index in [4.69, 9.17) is 5.73 Å². The van der Waals surface area contributed by atoms with Crippen LogP contribution < -0.4 is 10.5 Å². The zero-order chi connectivity index (χ0) is 14.9. The Kier molecular flexibility index (Phi) is 3.82. The lowest BCUT2D eigenvalue weighted by atomic mass is 10.1. The van der Waals surface area contributed by atoms with Crippen LogP contribution in [0, 0.1) is 13.8 Å². The molecule has 0 fully saturated rings. The Bertz CT molecular complexity index is 735. The summed E-state index contributed by atoms with van der Waals surface area (Å²) in [4.78, 5) is 4.33. The number of imidazole rings is 1. The van der Waals surface area contributed by atoms with Gasteiger partial charge in [0.05, 0.1) is 11.4 Å². The van der Waals surface area contributed by atoms with Crippen LogP contribution >= 0.6 is 0 Å². The van der Waals surface area contributed by atoms with E-state index in [0.717, 1.165) is 0 Å². The standard InChI is InChI=1S/C13H18N4O2S/c1-9-4-5-11(14)10(2)13(9)20(18,19)16-8-12-15-6-7-17(12)3/h4-7,16H,8,14H2,1-3H3. The quantitative estimate of drug-likeness (QED) is 0.826. The molecule has 0 bridgehead atoms. The fourth-order valence-electron chi connectivity index (χ4n) is 2.05. The van der Waals surface area contributed by atoms with Gasteiger partial charge in [0.25, 0.3) is 0 Å². The SMILES string of the molecule is Cc1ccc(N)c(C)c1S(=O)(=O)NCc1nccn1C. The van der Waals surface area contributed by atoms with Crippen LogP contribution in [0.2, 0.25) is 0 Å². The molecule has 0 saturated heterocycles. The van der Waals surface area contributed by atoms with Gasteiger partial charge in [-0.3, -0.25) is 0 Å². The molecule has 0 saturated carbocycles. The number of nitrogens with two attached hydrogens (primary N) is 1. The number of aryl methyl sites for hydroxylation is 2. The topological polar surface area (TPSA) is 90.0 Å². The van der Waals surface area contributed by atoms with Gasteiger partial charge >= 0.3 is 0 Å². The number of nitrogens with zero attached hydrogens (tertiary/aromatic N) is 2. The van der Waals surface area contributed by atoms with Crippen molar-refractivity contribution in [2.75, 3.05) is 5.73 Å². The van der Waals surface area contributed by atoms with Crippen molar-refractivity contribution in [3.8, 4) is 0 Å². The molecule has 7 heteroatoms. The Labute approximate surface area is 118 Å². The minimum Gasteiger partial charge on any atom is -0.398 e. The van der Waals surface area contributed by atoms with Gasteiger partial charge in [-0.2, -0.15) is 0 Å². The first-order valence-electron chi connectivity index (χ1n) is 6.14. The average molecular weight is 294 g/mol. The summed E-state index contributed by atoms with van der Waals surface area (Å²) in [6, 6.07) is 3.42. The van der Waals surface area contributed by atoms with Crippen LogP contribution in [-0.2, 0) is 23.6 Å². The molecule has 0 aliphatic heterocycles. The zero-order valence-corrected chi connectivity index (χ0v) is 12.5. The Morgan fingerprint density at radius 2 is 2.05 bits per heavy atom. The van der Waals surface area contributed by atoms with E-state index in [9.17, 15) is 8.42 Å². The highest BCUT2D eigenvalue weighted by molar-refractivity contribution is 7.89. The summed E-state index contributed by atoms with van der Waals surface area (Å²) in [7, 11) is -1.81. The molecule has 0 radical (unpaired) electrons. The molecule has 0 amide bonds. The van der Waals surface area contributed by atoms with Gasteiger partial charge in [-0.05, 0) is 31.0 Å². The van der Waals surface area contributed by atoms with Crippen molar-refractivity contribution < 1.29 is 8.42 Å². The van der Waals surface area contributed by atoms with E-state index in [1.165, 1.54) is 0 Å². The normalized spacial score (nSPS) is 11.8. The van der Waals surface area contributed by atoms with Crippen LogP contribution in [0.15, 0.2) is 29.4 Å². The largest absolute Gasteiger partial charge is 0.398 e. The molecule has 0 unspecified atom stereocenters. The molecule has 2 rings (SSSR count). The highest BCUT2D eigenvalue weighted by Gasteiger charge is 2.21. The number of aromatic nitrogens is 2. The lowest BCUT2D eigenvalue weighted by Gasteiger charge is -2.13. The maximum Gasteiger partial charge on any atom is 0.241 e. The summed E-state index contributed by atoms with van der Waals surface area (Å²) < 4.78 is 29.2. The summed E-state index contributed by atoms with van der Waals surface area (Å²) in [6.45, 7) is 3.60. The molecule has 2 aromatic rings. The third-order valence-electron chi connectivity index (χ3n) is 3.25. The molecule has 108 valence electrons. The predicted molar refractivity (Wildman–Crippen MR) is 77.6 cm³/mol. The molecule has 0 atom stereocenters. The Morgan fingerprint density at radius 1 is 1.35 bits per heavy atom. The number of nitrogens with one attached hydrogen (secondary N) is 1. The molecule has 0 spiro atoms. The van der Waals surface area contributed by atoms with Crippen molar-refractivity contribution >= 4 is 15.7 Å². The molecule has 1 aromatic carbocycles. The van der Waals surface area contributed by atoms with Crippen LogP contribution in [0.3, 0.4) is 0 Å². The van der Waals surface area contributed by atoms with Crippen molar-refractivity contribution in [3.05, 3.63) is 41.5 Å².